The summed E-state index contributed by atoms with van der Waals surface area (Å²) >= 11 is 5.82. The number of fused-ring (bicyclic) bond motifs is 1. The van der Waals surface area contributed by atoms with Gasteiger partial charge in [0.15, 0.2) is 12.0 Å². The summed E-state index contributed by atoms with van der Waals surface area (Å²) < 4.78 is 10.2. The summed E-state index contributed by atoms with van der Waals surface area (Å²) in [6, 6.07) is 7.41. The minimum atomic E-state index is -1.09. The number of halogens is 1. The number of rotatable bonds is 5. The van der Waals surface area contributed by atoms with Crippen molar-refractivity contribution in [2.24, 2.45) is 5.92 Å². The average molecular weight is 377 g/mol. The van der Waals surface area contributed by atoms with Crippen LogP contribution in [0.2, 0.25) is 5.02 Å². The third kappa shape index (κ3) is 4.21. The van der Waals surface area contributed by atoms with Gasteiger partial charge < -0.3 is 14.5 Å². The zero-order chi connectivity index (χ0) is 19.5. The van der Waals surface area contributed by atoms with E-state index in [9.17, 15) is 19.6 Å². The largest absolute Gasteiger partial charge is 0.450 e. The fourth-order valence-electron chi connectivity index (χ4n) is 2.06. The number of carbonyl (C=O) groups excluding carboxylic acids is 2. The Morgan fingerprint density at radius 3 is 2.69 bits per heavy atom. The number of amides is 1. The normalized spacial score (nSPS) is 13.1. The van der Waals surface area contributed by atoms with Gasteiger partial charge in [-0.3, -0.25) is 9.59 Å². The van der Waals surface area contributed by atoms with Crippen molar-refractivity contribution < 1.29 is 18.7 Å². The quantitative estimate of drug-likeness (QED) is 0.803. The Balaban J connectivity index is 2.10. The minimum Gasteiger partial charge on any atom is -0.450 e. The third-order valence-electron chi connectivity index (χ3n) is 4.01. The average Bonchev–Trinajstić information content (AvgIpc) is 2.59. The first kappa shape index (κ1) is 19.5. The van der Waals surface area contributed by atoms with E-state index in [-0.39, 0.29) is 22.6 Å². The number of esters is 1. The molecule has 26 heavy (non-hydrogen) atoms. The first-order valence-corrected chi connectivity index (χ1v) is 8.17. The molecule has 0 bridgehead atoms. The van der Waals surface area contributed by atoms with E-state index >= 15 is 0 Å². The highest BCUT2D eigenvalue weighted by Gasteiger charge is 2.30. The Labute approximate surface area is 154 Å². The molecular formula is C18H17ClN2O5. The summed E-state index contributed by atoms with van der Waals surface area (Å²) in [7, 11) is 0. The molecule has 1 atom stereocenters. The van der Waals surface area contributed by atoms with Crippen molar-refractivity contribution in [2.75, 3.05) is 6.61 Å². The second-order valence-corrected chi connectivity index (χ2v) is 6.64. The van der Waals surface area contributed by atoms with Gasteiger partial charge in [-0.15, -0.1) is 0 Å². The van der Waals surface area contributed by atoms with Crippen LogP contribution < -0.4 is 10.7 Å². The molecule has 2 aromatic rings. The van der Waals surface area contributed by atoms with Crippen LogP contribution in [-0.4, -0.2) is 24.0 Å². The van der Waals surface area contributed by atoms with Crippen LogP contribution in [0.3, 0.4) is 0 Å². The predicted octanol–water partition coefficient (Wildman–Crippen LogP) is 2.66. The predicted molar refractivity (Wildman–Crippen MR) is 94.8 cm³/mol. The highest BCUT2D eigenvalue weighted by molar-refractivity contribution is 6.31. The second kappa shape index (κ2) is 7.58. The summed E-state index contributed by atoms with van der Waals surface area (Å²) in [5.74, 6) is -2.06. The van der Waals surface area contributed by atoms with Crippen molar-refractivity contribution in [3.05, 3.63) is 45.3 Å². The SMILES string of the molecule is CC(C)[C@](C)(C#N)NC(=O)COC(=O)c1cc(=O)c2cc(Cl)ccc2o1. The number of nitrogens with one attached hydrogen (secondary N) is 1. The number of benzene rings is 1. The van der Waals surface area contributed by atoms with Gasteiger partial charge in [-0.05, 0) is 31.0 Å². The van der Waals surface area contributed by atoms with Crippen molar-refractivity contribution in [1.29, 1.82) is 5.26 Å². The van der Waals surface area contributed by atoms with Gasteiger partial charge in [-0.2, -0.15) is 5.26 Å². The molecule has 2 rings (SSSR count). The molecule has 7 nitrogen and oxygen atoms in total. The van der Waals surface area contributed by atoms with Crippen LogP contribution in [0.5, 0.6) is 0 Å². The second-order valence-electron chi connectivity index (χ2n) is 6.21. The molecule has 1 aromatic carbocycles. The van der Waals surface area contributed by atoms with Crippen molar-refractivity contribution in [3.63, 3.8) is 0 Å². The lowest BCUT2D eigenvalue weighted by atomic mass is 9.90. The van der Waals surface area contributed by atoms with Gasteiger partial charge in [0.25, 0.3) is 5.91 Å². The zero-order valence-corrected chi connectivity index (χ0v) is 15.2. The molecule has 0 radical (unpaired) electrons. The van der Waals surface area contributed by atoms with Gasteiger partial charge in [0.2, 0.25) is 5.76 Å². The maximum absolute atomic E-state index is 12.1. The van der Waals surface area contributed by atoms with E-state index in [1.54, 1.807) is 20.8 Å². The monoisotopic (exact) mass is 376 g/mol. The van der Waals surface area contributed by atoms with Crippen molar-refractivity contribution in [1.82, 2.24) is 5.32 Å². The standard InChI is InChI=1S/C18H17ClN2O5/c1-10(2)18(3,9-20)21-16(23)8-25-17(24)15-7-13(22)12-6-11(19)4-5-14(12)26-15/h4-7,10H,8H2,1-3H3,(H,21,23)/t18-/m0/s1. The van der Waals surface area contributed by atoms with Gasteiger partial charge in [0, 0.05) is 11.1 Å². The summed E-state index contributed by atoms with van der Waals surface area (Å²) in [4.78, 5) is 36.0. The molecule has 0 aliphatic rings. The van der Waals surface area contributed by atoms with E-state index in [4.69, 9.17) is 20.8 Å². The zero-order valence-electron chi connectivity index (χ0n) is 14.5. The van der Waals surface area contributed by atoms with Gasteiger partial charge in [0.1, 0.15) is 11.1 Å². The van der Waals surface area contributed by atoms with Crippen LogP contribution >= 0.6 is 11.6 Å². The molecule has 0 aliphatic heterocycles. The fourth-order valence-corrected chi connectivity index (χ4v) is 2.23. The lowest BCUT2D eigenvalue weighted by Gasteiger charge is -2.27. The topological polar surface area (TPSA) is 109 Å². The molecule has 1 N–H and O–H groups in total. The molecule has 0 saturated heterocycles. The number of nitriles is 1. The molecule has 0 aliphatic carbocycles. The molecule has 1 heterocycles. The van der Waals surface area contributed by atoms with Gasteiger partial charge in [-0.25, -0.2) is 4.79 Å². The van der Waals surface area contributed by atoms with Gasteiger partial charge in [0.05, 0.1) is 11.5 Å². The summed E-state index contributed by atoms with van der Waals surface area (Å²) in [6.45, 7) is 4.53. The minimum absolute atomic E-state index is 0.141. The van der Waals surface area contributed by atoms with Crippen LogP contribution in [0.4, 0.5) is 0 Å². The van der Waals surface area contributed by atoms with E-state index in [1.807, 2.05) is 6.07 Å². The molecule has 0 fully saturated rings. The maximum atomic E-state index is 12.1. The number of nitrogens with zero attached hydrogens (tertiary/aromatic N) is 1. The van der Waals surface area contributed by atoms with Crippen molar-refractivity contribution in [3.8, 4) is 6.07 Å². The lowest BCUT2D eigenvalue weighted by Crippen LogP contribution is -2.50. The molecule has 0 saturated carbocycles. The first-order valence-electron chi connectivity index (χ1n) is 7.79. The summed E-state index contributed by atoms with van der Waals surface area (Å²) in [6.07, 6.45) is 0. The summed E-state index contributed by atoms with van der Waals surface area (Å²) in [5.41, 5.74) is -1.37. The van der Waals surface area contributed by atoms with Gasteiger partial charge in [-0.1, -0.05) is 25.4 Å². The molecule has 1 aromatic heterocycles. The van der Waals surface area contributed by atoms with E-state index < -0.39 is 29.5 Å². The third-order valence-corrected chi connectivity index (χ3v) is 4.25. The molecule has 1 amide bonds. The molecule has 136 valence electrons. The van der Waals surface area contributed by atoms with Crippen LogP contribution in [0, 0.1) is 17.2 Å². The van der Waals surface area contributed by atoms with Crippen LogP contribution in [0.1, 0.15) is 31.3 Å². The molecule has 0 unspecified atom stereocenters. The van der Waals surface area contributed by atoms with Crippen molar-refractivity contribution in [2.45, 2.75) is 26.3 Å². The number of hydrogen-bond donors (Lipinski definition) is 1. The Morgan fingerprint density at radius 2 is 2.08 bits per heavy atom. The van der Waals surface area contributed by atoms with Crippen molar-refractivity contribution >= 4 is 34.4 Å². The van der Waals surface area contributed by atoms with E-state index in [0.29, 0.717) is 5.02 Å². The Bertz CT molecular complexity index is 960. The lowest BCUT2D eigenvalue weighted by molar-refractivity contribution is -0.125. The Morgan fingerprint density at radius 1 is 1.38 bits per heavy atom. The number of carbonyl (C=O) groups is 2. The highest BCUT2D eigenvalue weighted by atomic mass is 35.5. The highest BCUT2D eigenvalue weighted by Crippen LogP contribution is 2.18. The molecule has 0 spiro atoms. The Hall–Kier alpha value is -2.85. The maximum Gasteiger partial charge on any atom is 0.374 e. The van der Waals surface area contributed by atoms with Crippen LogP contribution in [-0.2, 0) is 9.53 Å². The first-order chi connectivity index (χ1) is 12.2. The smallest absolute Gasteiger partial charge is 0.374 e. The molecular weight excluding hydrogens is 360 g/mol. The fraction of sp³-hybridized carbons (Fsp3) is 0.333. The number of hydrogen-bond acceptors (Lipinski definition) is 6. The Kier molecular flexibility index (Phi) is 5.68. The molecule has 8 heteroatoms. The van der Waals surface area contributed by atoms with Gasteiger partial charge >= 0.3 is 5.97 Å². The number of ether oxygens (including phenoxy) is 1. The summed E-state index contributed by atoms with van der Waals surface area (Å²) in [5, 5.41) is 12.3. The van der Waals surface area contributed by atoms with E-state index in [0.717, 1.165) is 6.07 Å². The van der Waals surface area contributed by atoms with E-state index in [2.05, 4.69) is 5.32 Å². The van der Waals surface area contributed by atoms with Crippen LogP contribution in [0.15, 0.2) is 33.5 Å². The van der Waals surface area contributed by atoms with E-state index in [1.165, 1.54) is 18.2 Å². The van der Waals surface area contributed by atoms with Crippen LogP contribution in [0.25, 0.3) is 11.0 Å².